The quantitative estimate of drug-likeness (QED) is 0.161. The second kappa shape index (κ2) is 12.9. The Morgan fingerprint density at radius 2 is 1.09 bits per heavy atom. The van der Waals surface area contributed by atoms with E-state index < -0.39 is 0 Å². The first kappa shape index (κ1) is 42.2. The second-order valence-corrected chi connectivity index (χ2v) is 26.1. The zero-order valence-electron chi connectivity index (χ0n) is 42.1. The molecule has 1 fully saturated rings. The van der Waals surface area contributed by atoms with Gasteiger partial charge in [-0.05, 0) is 175 Å². The minimum atomic E-state index is -0.275. The highest BCUT2D eigenvalue weighted by Crippen LogP contribution is 2.67. The van der Waals surface area contributed by atoms with Crippen molar-refractivity contribution in [2.45, 2.75) is 187 Å². The van der Waals surface area contributed by atoms with E-state index in [0.29, 0.717) is 5.92 Å². The number of aryl methyl sites for hydroxylation is 2. The molecule has 5 aliphatic rings. The standard InChI is InChI=1S/C61H72BNO/c1-35-17-22-51-40(27-35)52-54(64-51)61(34-46(61)37-18-20-38(21-19-37)55(3,4)5)45-29-39(56(6,7)8)30-50-53(45)62(52)47-31-42-44(60(15,16)26-24-58(42,11)12)33-49(47)63(50)48-32-43-41(28-36(48)2)57(9,10)23-25-59(43,13)14/h17-22,27-33,46H,23-26,34H2,1-16H3. The second-order valence-electron chi connectivity index (χ2n) is 26.1. The van der Waals surface area contributed by atoms with Gasteiger partial charge in [-0.15, -0.1) is 0 Å². The van der Waals surface area contributed by atoms with Gasteiger partial charge in [-0.25, -0.2) is 0 Å². The van der Waals surface area contributed by atoms with Crippen LogP contribution in [0.25, 0.3) is 11.0 Å². The maximum atomic E-state index is 7.45. The normalized spacial score (nSPS) is 23.0. The van der Waals surface area contributed by atoms with Gasteiger partial charge in [0.2, 0.25) is 0 Å². The molecule has 0 saturated heterocycles. The van der Waals surface area contributed by atoms with E-state index in [1.807, 2.05) is 0 Å². The zero-order chi connectivity index (χ0) is 45.6. The summed E-state index contributed by atoms with van der Waals surface area (Å²) in [6.07, 6.45) is 5.81. The van der Waals surface area contributed by atoms with E-state index in [1.54, 1.807) is 0 Å². The van der Waals surface area contributed by atoms with Gasteiger partial charge in [-0.3, -0.25) is 0 Å². The molecule has 2 atom stereocenters. The number of hydrogen-bond acceptors (Lipinski definition) is 2. The summed E-state index contributed by atoms with van der Waals surface area (Å²) in [5, 5.41) is 1.29. The first-order chi connectivity index (χ1) is 29.7. The van der Waals surface area contributed by atoms with Crippen LogP contribution < -0.4 is 21.3 Å². The molecule has 2 unspecified atom stereocenters. The van der Waals surface area contributed by atoms with Crippen LogP contribution in [0.1, 0.15) is 196 Å². The van der Waals surface area contributed by atoms with Gasteiger partial charge in [0, 0.05) is 28.4 Å². The summed E-state index contributed by atoms with van der Waals surface area (Å²) in [5.41, 5.74) is 23.9. The Hall–Kier alpha value is -4.50. The van der Waals surface area contributed by atoms with Crippen LogP contribution in [0.5, 0.6) is 0 Å². The minimum absolute atomic E-state index is 0.0397. The van der Waals surface area contributed by atoms with Crippen molar-refractivity contribution in [3.8, 4) is 0 Å². The maximum absolute atomic E-state index is 7.45. The summed E-state index contributed by atoms with van der Waals surface area (Å²) >= 11 is 0. The van der Waals surface area contributed by atoms with Crippen LogP contribution in [0.2, 0.25) is 0 Å². The van der Waals surface area contributed by atoms with E-state index in [9.17, 15) is 0 Å². The molecule has 0 amide bonds. The molecule has 1 spiro atoms. The van der Waals surface area contributed by atoms with Crippen molar-refractivity contribution in [2.75, 3.05) is 4.90 Å². The molecule has 0 N–H and O–H groups in total. The van der Waals surface area contributed by atoms with Crippen LogP contribution in [0, 0.1) is 13.8 Å². The molecule has 0 radical (unpaired) electrons. The Morgan fingerprint density at radius 3 is 1.67 bits per heavy atom. The molecule has 64 heavy (non-hydrogen) atoms. The van der Waals surface area contributed by atoms with Crippen LogP contribution in [0.3, 0.4) is 0 Å². The number of benzene rings is 5. The predicted octanol–water partition coefficient (Wildman–Crippen LogP) is 14.4. The van der Waals surface area contributed by atoms with Crippen molar-refractivity contribution in [3.63, 3.8) is 0 Å². The van der Waals surface area contributed by atoms with E-state index in [1.165, 1.54) is 126 Å². The molecule has 3 heterocycles. The van der Waals surface area contributed by atoms with Gasteiger partial charge in [0.1, 0.15) is 11.3 Å². The Balaban J connectivity index is 1.28. The van der Waals surface area contributed by atoms with Crippen LogP contribution in [-0.4, -0.2) is 6.71 Å². The molecule has 11 rings (SSSR count). The monoisotopic (exact) mass is 846 g/mol. The lowest BCUT2D eigenvalue weighted by molar-refractivity contribution is 0.331. The van der Waals surface area contributed by atoms with Gasteiger partial charge in [-0.2, -0.15) is 0 Å². The van der Waals surface area contributed by atoms with Gasteiger partial charge in [0.25, 0.3) is 6.71 Å². The maximum Gasteiger partial charge on any atom is 0.252 e. The van der Waals surface area contributed by atoms with Crippen LogP contribution in [0.15, 0.2) is 83.3 Å². The smallest absolute Gasteiger partial charge is 0.252 e. The van der Waals surface area contributed by atoms with Crippen LogP contribution in [0.4, 0.5) is 17.1 Å². The van der Waals surface area contributed by atoms with E-state index in [0.717, 1.165) is 12.0 Å². The Morgan fingerprint density at radius 1 is 0.547 bits per heavy atom. The SMILES string of the molecule is Cc1ccc2oc3c(c2c1)B1c2cc4c(cc2N(c2cc5c(cc2C)C(C)(C)CCC5(C)C)c2cc(C(C)(C)C)cc(c21)C31CC1c1ccc(C(C)(C)C)cc1)C(C)(C)CCC4(C)C. The molecule has 3 aliphatic carbocycles. The third kappa shape index (κ3) is 5.83. The lowest BCUT2D eigenvalue weighted by atomic mass is 9.30. The molecular weight excluding hydrogens is 773 g/mol. The van der Waals surface area contributed by atoms with E-state index >= 15 is 0 Å². The topological polar surface area (TPSA) is 16.4 Å². The molecule has 330 valence electrons. The Labute approximate surface area is 385 Å². The van der Waals surface area contributed by atoms with Crippen molar-refractivity contribution in [2.24, 2.45) is 0 Å². The number of fused-ring (bicyclic) bond motifs is 10. The Kier molecular flexibility index (Phi) is 8.49. The van der Waals surface area contributed by atoms with Gasteiger partial charge in [-0.1, -0.05) is 151 Å². The largest absolute Gasteiger partial charge is 0.461 e. The summed E-state index contributed by atoms with van der Waals surface area (Å²) in [7, 11) is 0. The summed E-state index contributed by atoms with van der Waals surface area (Å²) in [6.45, 7) is 38.8. The lowest BCUT2D eigenvalue weighted by Gasteiger charge is -2.48. The zero-order valence-corrected chi connectivity index (χ0v) is 42.1. The molecule has 1 saturated carbocycles. The van der Waals surface area contributed by atoms with Gasteiger partial charge < -0.3 is 9.32 Å². The fraction of sp³-hybridized carbons (Fsp3) is 0.475. The number of rotatable bonds is 2. The van der Waals surface area contributed by atoms with Crippen molar-refractivity contribution in [1.82, 2.24) is 0 Å². The lowest BCUT2D eigenvalue weighted by Crippen LogP contribution is -2.63. The molecule has 1 aromatic heterocycles. The number of nitrogens with zero attached hydrogens (tertiary/aromatic N) is 1. The average Bonchev–Trinajstić information content (AvgIpc) is 3.84. The minimum Gasteiger partial charge on any atom is -0.461 e. The highest BCUT2D eigenvalue weighted by molar-refractivity contribution is 7.00. The Bertz CT molecular complexity index is 2970. The van der Waals surface area contributed by atoms with Gasteiger partial charge in [0.15, 0.2) is 0 Å². The van der Waals surface area contributed by atoms with Crippen molar-refractivity contribution >= 4 is 51.1 Å². The average molecular weight is 846 g/mol. The van der Waals surface area contributed by atoms with Crippen LogP contribution in [-0.2, 0) is 37.9 Å². The molecule has 6 aromatic rings. The van der Waals surface area contributed by atoms with Gasteiger partial charge in [0.05, 0.1) is 5.41 Å². The summed E-state index contributed by atoms with van der Waals surface area (Å²) in [6, 6.07) is 32.5. The first-order valence-corrected chi connectivity index (χ1v) is 24.7. The number of furan rings is 1. The molecular formula is C61H72BNO. The molecule has 0 bridgehead atoms. The predicted molar refractivity (Wildman–Crippen MR) is 274 cm³/mol. The van der Waals surface area contributed by atoms with Gasteiger partial charge >= 0.3 is 0 Å². The molecule has 3 heteroatoms. The fourth-order valence-corrected chi connectivity index (χ4v) is 13.2. The van der Waals surface area contributed by atoms with Crippen molar-refractivity contribution < 1.29 is 4.42 Å². The highest BCUT2D eigenvalue weighted by Gasteiger charge is 2.66. The third-order valence-corrected chi connectivity index (χ3v) is 17.7. The molecule has 2 nitrogen and oxygen atoms in total. The van der Waals surface area contributed by atoms with Crippen molar-refractivity contribution in [1.29, 1.82) is 0 Å². The summed E-state index contributed by atoms with van der Waals surface area (Å²) in [4.78, 5) is 2.78. The molecule has 5 aromatic carbocycles. The summed E-state index contributed by atoms with van der Waals surface area (Å²) < 4.78 is 7.45. The summed E-state index contributed by atoms with van der Waals surface area (Å²) in [5.74, 6) is 1.52. The number of hydrogen-bond donors (Lipinski definition) is 0. The first-order valence-electron chi connectivity index (χ1n) is 24.7. The fourth-order valence-electron chi connectivity index (χ4n) is 13.2. The van der Waals surface area contributed by atoms with E-state index in [2.05, 4.69) is 195 Å². The third-order valence-electron chi connectivity index (χ3n) is 17.7. The molecule has 2 aliphatic heterocycles. The van der Waals surface area contributed by atoms with E-state index in [-0.39, 0.29) is 44.6 Å². The number of anilines is 3. The highest BCUT2D eigenvalue weighted by atomic mass is 16.3. The van der Waals surface area contributed by atoms with Crippen LogP contribution >= 0.6 is 0 Å². The van der Waals surface area contributed by atoms with Crippen molar-refractivity contribution in [3.05, 3.63) is 140 Å². The van der Waals surface area contributed by atoms with E-state index in [4.69, 9.17) is 4.42 Å².